The van der Waals surface area contributed by atoms with Gasteiger partial charge in [0, 0.05) is 13.1 Å². The van der Waals surface area contributed by atoms with Crippen molar-refractivity contribution in [2.45, 2.75) is 32.6 Å². The lowest BCUT2D eigenvalue weighted by atomic mass is 10.0. The summed E-state index contributed by atoms with van der Waals surface area (Å²) < 4.78 is 0. The predicted molar refractivity (Wildman–Crippen MR) is 82.6 cm³/mol. The maximum Gasteiger partial charge on any atom is 0.234 e. The first-order chi connectivity index (χ1) is 9.74. The van der Waals surface area contributed by atoms with Crippen molar-refractivity contribution in [3.8, 4) is 0 Å². The van der Waals surface area contributed by atoms with Crippen LogP contribution in [-0.2, 0) is 11.2 Å². The highest BCUT2D eigenvalue weighted by Crippen LogP contribution is 2.14. The number of hydrogen-bond acceptors (Lipinski definition) is 2. The summed E-state index contributed by atoms with van der Waals surface area (Å²) in [5.74, 6) is 0.904. The number of nitrogens with one attached hydrogen (secondary N) is 1. The Morgan fingerprint density at radius 1 is 1.35 bits per heavy atom. The summed E-state index contributed by atoms with van der Waals surface area (Å²) in [6.45, 7) is 5.75. The minimum atomic E-state index is 0.173. The summed E-state index contributed by atoms with van der Waals surface area (Å²) in [6.07, 6.45) is 4.56. The maximum atomic E-state index is 11.9. The number of hydrogen-bond donors (Lipinski definition) is 1. The van der Waals surface area contributed by atoms with Crippen LogP contribution < -0.4 is 5.32 Å². The average molecular weight is 274 g/mol. The van der Waals surface area contributed by atoms with Crippen molar-refractivity contribution in [3.63, 3.8) is 0 Å². The average Bonchev–Trinajstić information content (AvgIpc) is 2.45. The monoisotopic (exact) mass is 274 g/mol. The highest BCUT2D eigenvalue weighted by Gasteiger charge is 2.18. The molecule has 1 aromatic carbocycles. The van der Waals surface area contributed by atoms with Gasteiger partial charge in [-0.05, 0) is 43.7 Å². The molecule has 3 heteroatoms. The van der Waals surface area contributed by atoms with E-state index in [2.05, 4.69) is 41.4 Å². The third-order valence-corrected chi connectivity index (χ3v) is 3.92. The number of benzene rings is 1. The van der Waals surface area contributed by atoms with E-state index in [4.69, 9.17) is 0 Å². The Balaban J connectivity index is 1.58. The van der Waals surface area contributed by atoms with Crippen LogP contribution in [0.15, 0.2) is 30.3 Å². The Hall–Kier alpha value is -1.35. The molecule has 1 aromatic rings. The van der Waals surface area contributed by atoms with Crippen LogP contribution in [0.5, 0.6) is 0 Å². The van der Waals surface area contributed by atoms with Crippen LogP contribution in [-0.4, -0.2) is 37.0 Å². The molecular formula is C17H26N2O. The van der Waals surface area contributed by atoms with E-state index in [1.165, 1.54) is 18.4 Å². The fourth-order valence-electron chi connectivity index (χ4n) is 2.85. The molecule has 1 fully saturated rings. The van der Waals surface area contributed by atoms with E-state index in [0.29, 0.717) is 6.54 Å². The molecule has 1 amide bonds. The lowest BCUT2D eigenvalue weighted by Crippen LogP contribution is -2.42. The van der Waals surface area contributed by atoms with Crippen molar-refractivity contribution < 1.29 is 4.79 Å². The van der Waals surface area contributed by atoms with Crippen LogP contribution in [0.25, 0.3) is 0 Å². The zero-order chi connectivity index (χ0) is 14.2. The number of likely N-dealkylation sites (tertiary alicyclic amines) is 1. The lowest BCUT2D eigenvalue weighted by Gasteiger charge is -2.30. The van der Waals surface area contributed by atoms with Gasteiger partial charge in [-0.2, -0.15) is 0 Å². The number of carbonyl (C=O) groups is 1. The van der Waals surface area contributed by atoms with Crippen LogP contribution in [0.4, 0.5) is 0 Å². The standard InChI is InChI=1S/C17H26N2O/c1-15-7-6-12-19(13-15)14-17(20)18-11-5-10-16-8-3-2-4-9-16/h2-4,8-9,15H,5-7,10-14H2,1H3,(H,18,20)/t15-/m1/s1. The SMILES string of the molecule is C[C@@H]1CCCN(CC(=O)NCCCc2ccccc2)C1. The first-order valence-electron chi connectivity index (χ1n) is 7.77. The van der Waals surface area contributed by atoms with Gasteiger partial charge in [0.15, 0.2) is 0 Å². The van der Waals surface area contributed by atoms with Crippen molar-refractivity contribution >= 4 is 5.91 Å². The van der Waals surface area contributed by atoms with Gasteiger partial charge in [0.25, 0.3) is 0 Å². The second-order valence-corrected chi connectivity index (χ2v) is 5.92. The highest BCUT2D eigenvalue weighted by atomic mass is 16.2. The maximum absolute atomic E-state index is 11.9. The molecule has 20 heavy (non-hydrogen) atoms. The Morgan fingerprint density at radius 2 is 2.15 bits per heavy atom. The van der Waals surface area contributed by atoms with E-state index in [1.807, 2.05) is 6.07 Å². The molecule has 2 rings (SSSR count). The number of piperidine rings is 1. The Bertz CT molecular complexity index is 405. The van der Waals surface area contributed by atoms with Gasteiger partial charge in [0.05, 0.1) is 6.54 Å². The third-order valence-electron chi connectivity index (χ3n) is 3.92. The minimum absolute atomic E-state index is 0.173. The number of nitrogens with zero attached hydrogens (tertiary/aromatic N) is 1. The Kier molecular flexibility index (Phi) is 6.06. The molecule has 0 saturated carbocycles. The van der Waals surface area contributed by atoms with E-state index in [1.54, 1.807) is 0 Å². The fourth-order valence-corrected chi connectivity index (χ4v) is 2.85. The number of rotatable bonds is 6. The van der Waals surface area contributed by atoms with Crippen LogP contribution in [0.2, 0.25) is 0 Å². The van der Waals surface area contributed by atoms with Gasteiger partial charge in [-0.25, -0.2) is 0 Å². The molecule has 110 valence electrons. The Labute approximate surface area is 122 Å². The van der Waals surface area contributed by atoms with Crippen molar-refractivity contribution in [3.05, 3.63) is 35.9 Å². The Morgan fingerprint density at radius 3 is 2.90 bits per heavy atom. The molecule has 0 spiro atoms. The topological polar surface area (TPSA) is 32.3 Å². The number of aryl methyl sites for hydroxylation is 1. The summed E-state index contributed by atoms with van der Waals surface area (Å²) in [6, 6.07) is 10.4. The molecule has 1 aliphatic heterocycles. The molecule has 1 saturated heterocycles. The summed E-state index contributed by atoms with van der Waals surface area (Å²) in [7, 11) is 0. The number of carbonyl (C=O) groups excluding carboxylic acids is 1. The van der Waals surface area contributed by atoms with Gasteiger partial charge in [-0.15, -0.1) is 0 Å². The van der Waals surface area contributed by atoms with Crippen LogP contribution in [0.1, 0.15) is 31.7 Å². The molecule has 0 bridgehead atoms. The lowest BCUT2D eigenvalue weighted by molar-refractivity contribution is -0.122. The summed E-state index contributed by atoms with van der Waals surface area (Å²) in [4.78, 5) is 14.2. The second-order valence-electron chi connectivity index (χ2n) is 5.92. The molecule has 1 heterocycles. The molecule has 3 nitrogen and oxygen atoms in total. The zero-order valence-corrected chi connectivity index (χ0v) is 12.5. The molecule has 0 radical (unpaired) electrons. The summed E-state index contributed by atoms with van der Waals surface area (Å²) in [5.41, 5.74) is 1.34. The van der Waals surface area contributed by atoms with Gasteiger partial charge in [-0.3, -0.25) is 9.69 Å². The quantitative estimate of drug-likeness (QED) is 0.808. The highest BCUT2D eigenvalue weighted by molar-refractivity contribution is 5.77. The number of amides is 1. The van der Waals surface area contributed by atoms with Crippen LogP contribution >= 0.6 is 0 Å². The normalized spacial score (nSPS) is 19.8. The molecule has 1 N–H and O–H groups in total. The molecule has 0 aromatic heterocycles. The van der Waals surface area contributed by atoms with Crippen molar-refractivity contribution in [2.75, 3.05) is 26.2 Å². The second kappa shape index (κ2) is 8.05. The molecule has 0 unspecified atom stereocenters. The smallest absolute Gasteiger partial charge is 0.234 e. The van der Waals surface area contributed by atoms with Crippen LogP contribution in [0, 0.1) is 5.92 Å². The largest absolute Gasteiger partial charge is 0.355 e. The van der Waals surface area contributed by atoms with Gasteiger partial charge in [0.2, 0.25) is 5.91 Å². The van der Waals surface area contributed by atoms with Crippen molar-refractivity contribution in [1.82, 2.24) is 10.2 Å². The van der Waals surface area contributed by atoms with E-state index in [0.717, 1.165) is 38.4 Å². The molecule has 1 atom stereocenters. The summed E-state index contributed by atoms with van der Waals surface area (Å²) >= 11 is 0. The van der Waals surface area contributed by atoms with E-state index in [-0.39, 0.29) is 5.91 Å². The zero-order valence-electron chi connectivity index (χ0n) is 12.5. The summed E-state index contributed by atoms with van der Waals surface area (Å²) in [5, 5.41) is 3.03. The molecular weight excluding hydrogens is 248 g/mol. The van der Waals surface area contributed by atoms with E-state index < -0.39 is 0 Å². The van der Waals surface area contributed by atoms with Gasteiger partial charge < -0.3 is 5.32 Å². The van der Waals surface area contributed by atoms with Crippen LogP contribution in [0.3, 0.4) is 0 Å². The molecule has 0 aliphatic carbocycles. The predicted octanol–water partition coefficient (Wildman–Crippen LogP) is 2.47. The van der Waals surface area contributed by atoms with Gasteiger partial charge in [0.1, 0.15) is 0 Å². The van der Waals surface area contributed by atoms with Crippen molar-refractivity contribution in [2.24, 2.45) is 5.92 Å². The first-order valence-corrected chi connectivity index (χ1v) is 7.77. The third kappa shape index (κ3) is 5.33. The van der Waals surface area contributed by atoms with E-state index in [9.17, 15) is 4.79 Å². The van der Waals surface area contributed by atoms with E-state index >= 15 is 0 Å². The minimum Gasteiger partial charge on any atom is -0.355 e. The molecule has 1 aliphatic rings. The first kappa shape index (κ1) is 15.0. The van der Waals surface area contributed by atoms with Gasteiger partial charge >= 0.3 is 0 Å². The van der Waals surface area contributed by atoms with Crippen molar-refractivity contribution in [1.29, 1.82) is 0 Å². The van der Waals surface area contributed by atoms with Gasteiger partial charge in [-0.1, -0.05) is 37.3 Å². The fraction of sp³-hybridized carbons (Fsp3) is 0.588.